The van der Waals surface area contributed by atoms with Gasteiger partial charge in [-0.1, -0.05) is 19.0 Å². The van der Waals surface area contributed by atoms with Gasteiger partial charge >= 0.3 is 0 Å². The van der Waals surface area contributed by atoms with E-state index in [1.807, 2.05) is 27.7 Å². The van der Waals surface area contributed by atoms with Gasteiger partial charge in [-0.25, -0.2) is 9.97 Å². The van der Waals surface area contributed by atoms with Crippen LogP contribution in [0.4, 0.5) is 0 Å². The van der Waals surface area contributed by atoms with Gasteiger partial charge in [-0.15, -0.1) is 0 Å². The van der Waals surface area contributed by atoms with E-state index in [2.05, 4.69) is 20.1 Å². The number of aromatic nitrogens is 5. The van der Waals surface area contributed by atoms with Crippen molar-refractivity contribution in [2.75, 3.05) is 0 Å². The van der Waals surface area contributed by atoms with Gasteiger partial charge in [0.15, 0.2) is 0 Å². The van der Waals surface area contributed by atoms with Crippen LogP contribution in [0.25, 0.3) is 17.2 Å². The van der Waals surface area contributed by atoms with Crippen molar-refractivity contribution < 1.29 is 9.63 Å². The fourth-order valence-electron chi connectivity index (χ4n) is 2.48. The van der Waals surface area contributed by atoms with Crippen LogP contribution in [-0.4, -0.2) is 29.8 Å². The summed E-state index contributed by atoms with van der Waals surface area (Å²) in [5, 5.41) is 14.4. The standard InChI is InChI=1S/C15H17N5O2/c1-8(2)11-13(12-9(3)19-22-10(12)4)17-15(18-14(11)21)20-6-5-16-7-20/h5-8H,1-4H3,(H,17,18,21). The maximum atomic E-state index is 10.4. The van der Waals surface area contributed by atoms with Gasteiger partial charge in [0.2, 0.25) is 11.8 Å². The van der Waals surface area contributed by atoms with E-state index in [0.29, 0.717) is 23.0 Å². The molecule has 0 aliphatic rings. The van der Waals surface area contributed by atoms with Crippen molar-refractivity contribution in [2.45, 2.75) is 33.6 Å². The van der Waals surface area contributed by atoms with Gasteiger partial charge in [0.1, 0.15) is 12.1 Å². The second kappa shape index (κ2) is 5.25. The zero-order chi connectivity index (χ0) is 15.9. The van der Waals surface area contributed by atoms with E-state index in [-0.39, 0.29) is 11.8 Å². The highest BCUT2D eigenvalue weighted by atomic mass is 16.5. The summed E-state index contributed by atoms with van der Waals surface area (Å²) in [6, 6.07) is 0. The van der Waals surface area contributed by atoms with Crippen LogP contribution in [0.15, 0.2) is 23.2 Å². The lowest BCUT2D eigenvalue weighted by Gasteiger charge is -2.14. The van der Waals surface area contributed by atoms with Gasteiger partial charge in [0.05, 0.1) is 17.0 Å². The van der Waals surface area contributed by atoms with E-state index in [9.17, 15) is 5.11 Å². The highest BCUT2D eigenvalue weighted by Crippen LogP contribution is 2.36. The van der Waals surface area contributed by atoms with Crippen molar-refractivity contribution in [3.63, 3.8) is 0 Å². The molecule has 0 spiro atoms. The molecule has 22 heavy (non-hydrogen) atoms. The first-order valence-corrected chi connectivity index (χ1v) is 7.01. The maximum Gasteiger partial charge on any atom is 0.238 e. The molecule has 0 amide bonds. The van der Waals surface area contributed by atoms with Crippen LogP contribution in [0.3, 0.4) is 0 Å². The number of hydrogen-bond donors (Lipinski definition) is 1. The van der Waals surface area contributed by atoms with Gasteiger partial charge in [0.25, 0.3) is 0 Å². The molecule has 0 aliphatic carbocycles. The van der Waals surface area contributed by atoms with Gasteiger partial charge < -0.3 is 9.63 Å². The highest BCUT2D eigenvalue weighted by Gasteiger charge is 2.23. The number of hydrogen-bond acceptors (Lipinski definition) is 6. The summed E-state index contributed by atoms with van der Waals surface area (Å²) in [5.74, 6) is 1.03. The van der Waals surface area contributed by atoms with Crippen LogP contribution < -0.4 is 0 Å². The van der Waals surface area contributed by atoms with Gasteiger partial charge in [-0.2, -0.15) is 4.98 Å². The first kappa shape index (κ1) is 14.2. The molecule has 0 aromatic carbocycles. The number of imidazole rings is 1. The minimum atomic E-state index is -0.0382. The fourth-order valence-corrected chi connectivity index (χ4v) is 2.48. The first-order chi connectivity index (χ1) is 10.5. The van der Waals surface area contributed by atoms with Crippen molar-refractivity contribution in [1.29, 1.82) is 0 Å². The molecule has 7 nitrogen and oxygen atoms in total. The highest BCUT2D eigenvalue weighted by molar-refractivity contribution is 5.70. The molecule has 0 saturated heterocycles. The average molecular weight is 299 g/mol. The Morgan fingerprint density at radius 1 is 1.23 bits per heavy atom. The van der Waals surface area contributed by atoms with Crippen LogP contribution in [0, 0.1) is 13.8 Å². The van der Waals surface area contributed by atoms with E-state index in [0.717, 1.165) is 11.3 Å². The van der Waals surface area contributed by atoms with Crippen molar-refractivity contribution in [3.05, 3.63) is 35.7 Å². The SMILES string of the molecule is Cc1noc(C)c1-c1nc(-n2ccnc2)nc(O)c1C(C)C. The van der Waals surface area contributed by atoms with E-state index in [1.54, 1.807) is 23.3 Å². The summed E-state index contributed by atoms with van der Waals surface area (Å²) < 4.78 is 6.89. The third-order valence-electron chi connectivity index (χ3n) is 3.50. The molecular weight excluding hydrogens is 282 g/mol. The fraction of sp³-hybridized carbons (Fsp3) is 0.333. The number of aromatic hydroxyl groups is 1. The molecule has 0 fully saturated rings. The van der Waals surface area contributed by atoms with E-state index >= 15 is 0 Å². The van der Waals surface area contributed by atoms with E-state index < -0.39 is 0 Å². The van der Waals surface area contributed by atoms with E-state index in [1.165, 1.54) is 0 Å². The number of aryl methyl sites for hydroxylation is 2. The summed E-state index contributed by atoms with van der Waals surface area (Å²) in [6.45, 7) is 7.65. The lowest BCUT2D eigenvalue weighted by Crippen LogP contribution is -2.06. The molecule has 0 saturated carbocycles. The van der Waals surface area contributed by atoms with Crippen LogP contribution in [0.5, 0.6) is 5.88 Å². The van der Waals surface area contributed by atoms with Gasteiger partial charge in [-0.3, -0.25) is 4.57 Å². The Kier molecular flexibility index (Phi) is 3.40. The summed E-state index contributed by atoms with van der Waals surface area (Å²) >= 11 is 0. The van der Waals surface area contributed by atoms with Crippen molar-refractivity contribution >= 4 is 0 Å². The van der Waals surface area contributed by atoms with Crippen LogP contribution >= 0.6 is 0 Å². The van der Waals surface area contributed by atoms with Crippen molar-refractivity contribution in [3.8, 4) is 23.1 Å². The molecule has 3 aromatic heterocycles. The molecule has 0 unspecified atom stereocenters. The van der Waals surface area contributed by atoms with Crippen molar-refractivity contribution in [2.24, 2.45) is 0 Å². The molecule has 114 valence electrons. The Morgan fingerprint density at radius 2 is 2.00 bits per heavy atom. The molecular formula is C15H17N5O2. The largest absolute Gasteiger partial charge is 0.493 e. The zero-order valence-corrected chi connectivity index (χ0v) is 12.9. The third-order valence-corrected chi connectivity index (χ3v) is 3.50. The molecule has 0 aliphatic heterocycles. The van der Waals surface area contributed by atoms with Gasteiger partial charge in [0, 0.05) is 18.0 Å². The Labute approximate surface area is 127 Å². The van der Waals surface area contributed by atoms with Gasteiger partial charge in [-0.05, 0) is 19.8 Å². The average Bonchev–Trinajstić information content (AvgIpc) is 3.08. The molecule has 7 heteroatoms. The molecule has 3 aromatic rings. The normalized spacial score (nSPS) is 11.3. The predicted octanol–water partition coefficient (Wildman–Crippen LogP) is 2.76. The van der Waals surface area contributed by atoms with Crippen LogP contribution in [0.2, 0.25) is 0 Å². The quantitative estimate of drug-likeness (QED) is 0.799. The lowest BCUT2D eigenvalue weighted by atomic mass is 9.97. The zero-order valence-electron chi connectivity index (χ0n) is 12.9. The molecule has 0 bridgehead atoms. The van der Waals surface area contributed by atoms with E-state index in [4.69, 9.17) is 4.52 Å². The number of rotatable bonds is 3. The first-order valence-electron chi connectivity index (χ1n) is 7.01. The minimum absolute atomic E-state index is 0.0382. The lowest BCUT2D eigenvalue weighted by molar-refractivity contribution is 0.393. The molecule has 3 heterocycles. The Bertz CT molecular complexity index is 786. The Balaban J connectivity index is 2.31. The van der Waals surface area contributed by atoms with Crippen LogP contribution in [0.1, 0.15) is 36.8 Å². The minimum Gasteiger partial charge on any atom is -0.493 e. The van der Waals surface area contributed by atoms with Crippen molar-refractivity contribution in [1.82, 2.24) is 24.7 Å². The second-order valence-corrected chi connectivity index (χ2v) is 5.43. The summed E-state index contributed by atoms with van der Waals surface area (Å²) in [7, 11) is 0. The Morgan fingerprint density at radius 3 is 2.55 bits per heavy atom. The monoisotopic (exact) mass is 299 g/mol. The summed E-state index contributed by atoms with van der Waals surface area (Å²) in [4.78, 5) is 12.8. The summed E-state index contributed by atoms with van der Waals surface area (Å²) in [6.07, 6.45) is 4.94. The maximum absolute atomic E-state index is 10.4. The third kappa shape index (κ3) is 2.24. The number of nitrogens with zero attached hydrogens (tertiary/aromatic N) is 5. The summed E-state index contributed by atoms with van der Waals surface area (Å²) in [5.41, 5.74) is 2.84. The smallest absolute Gasteiger partial charge is 0.238 e. The molecule has 0 atom stereocenters. The molecule has 3 rings (SSSR count). The van der Waals surface area contributed by atoms with Crippen LogP contribution in [-0.2, 0) is 0 Å². The second-order valence-electron chi connectivity index (χ2n) is 5.43. The Hall–Kier alpha value is -2.70. The molecule has 1 N–H and O–H groups in total. The topological polar surface area (TPSA) is 89.9 Å². The predicted molar refractivity (Wildman–Crippen MR) is 79.9 cm³/mol. The molecule has 0 radical (unpaired) electrons.